The van der Waals surface area contributed by atoms with Gasteiger partial charge in [0.25, 0.3) is 0 Å². The van der Waals surface area contributed by atoms with Gasteiger partial charge in [-0.25, -0.2) is 8.42 Å². The molecule has 0 unspecified atom stereocenters. The molecule has 0 fully saturated rings. The van der Waals surface area contributed by atoms with Crippen LogP contribution in [0.3, 0.4) is 0 Å². The molecule has 0 atom stereocenters. The van der Waals surface area contributed by atoms with E-state index in [4.69, 9.17) is 5.11 Å². The summed E-state index contributed by atoms with van der Waals surface area (Å²) in [5, 5.41) is 8.36. The second kappa shape index (κ2) is 4.65. The standard InChI is InChI=1S/C8H10F3NO4S/c9-8(10,11)6-1-3-12(4-2-6)17(15,16)5-7(13)14/h1H,2-5H2,(H,13,14). The summed E-state index contributed by atoms with van der Waals surface area (Å²) in [5.41, 5.74) is -0.778. The molecule has 0 amide bonds. The van der Waals surface area contributed by atoms with E-state index in [1.807, 2.05) is 0 Å². The lowest BCUT2D eigenvalue weighted by molar-refractivity contribution is -0.134. The molecule has 1 heterocycles. The number of carbonyl (C=O) groups is 1. The van der Waals surface area contributed by atoms with Gasteiger partial charge in [0.05, 0.1) is 0 Å². The summed E-state index contributed by atoms with van der Waals surface area (Å²) in [6.45, 7) is -0.786. The van der Waals surface area contributed by atoms with Gasteiger partial charge in [-0.15, -0.1) is 0 Å². The minimum Gasteiger partial charge on any atom is -0.480 e. The van der Waals surface area contributed by atoms with E-state index in [2.05, 4.69) is 0 Å². The number of hydrogen-bond acceptors (Lipinski definition) is 3. The van der Waals surface area contributed by atoms with Gasteiger partial charge >= 0.3 is 12.1 Å². The number of rotatable bonds is 3. The fourth-order valence-corrected chi connectivity index (χ4v) is 2.57. The van der Waals surface area contributed by atoms with Crippen LogP contribution in [-0.2, 0) is 14.8 Å². The fraction of sp³-hybridized carbons (Fsp3) is 0.625. The van der Waals surface area contributed by atoms with Crippen molar-refractivity contribution in [2.45, 2.75) is 12.6 Å². The van der Waals surface area contributed by atoms with Gasteiger partial charge in [0.2, 0.25) is 10.0 Å². The quantitative estimate of drug-likeness (QED) is 0.764. The maximum absolute atomic E-state index is 12.2. The van der Waals surface area contributed by atoms with E-state index < -0.39 is 46.5 Å². The monoisotopic (exact) mass is 273 g/mol. The van der Waals surface area contributed by atoms with Crippen LogP contribution in [0.5, 0.6) is 0 Å². The predicted octanol–water partition coefficient (Wildman–Crippen LogP) is 0.595. The molecule has 17 heavy (non-hydrogen) atoms. The van der Waals surface area contributed by atoms with Crippen LogP contribution in [0.15, 0.2) is 11.6 Å². The van der Waals surface area contributed by atoms with Gasteiger partial charge in [-0.1, -0.05) is 6.08 Å². The van der Waals surface area contributed by atoms with Crippen molar-refractivity contribution in [2.75, 3.05) is 18.8 Å². The first-order chi connectivity index (χ1) is 7.63. The van der Waals surface area contributed by atoms with E-state index in [9.17, 15) is 26.4 Å². The number of aliphatic carboxylic acids is 1. The fourth-order valence-electron chi connectivity index (χ4n) is 1.41. The van der Waals surface area contributed by atoms with Crippen LogP contribution < -0.4 is 0 Å². The average Bonchev–Trinajstić information content (AvgIpc) is 2.14. The summed E-state index contributed by atoms with van der Waals surface area (Å²) in [4.78, 5) is 10.3. The van der Waals surface area contributed by atoms with Crippen molar-refractivity contribution in [1.82, 2.24) is 4.31 Å². The van der Waals surface area contributed by atoms with E-state index in [0.717, 1.165) is 10.4 Å². The maximum atomic E-state index is 12.2. The van der Waals surface area contributed by atoms with Crippen LogP contribution in [0.25, 0.3) is 0 Å². The highest BCUT2D eigenvalue weighted by molar-refractivity contribution is 7.89. The normalized spacial score (nSPS) is 18.9. The Labute approximate surface area is 95.6 Å². The van der Waals surface area contributed by atoms with Crippen LogP contribution >= 0.6 is 0 Å². The highest BCUT2D eigenvalue weighted by atomic mass is 32.2. The van der Waals surface area contributed by atoms with Crippen LogP contribution in [0.4, 0.5) is 13.2 Å². The highest BCUT2D eigenvalue weighted by Crippen LogP contribution is 2.30. The number of carboxylic acids is 1. The molecule has 9 heteroatoms. The second-order valence-corrected chi connectivity index (χ2v) is 5.45. The molecule has 0 radical (unpaired) electrons. The van der Waals surface area contributed by atoms with Crippen LogP contribution in [0, 0.1) is 0 Å². The van der Waals surface area contributed by atoms with E-state index in [-0.39, 0.29) is 6.54 Å². The third-order valence-electron chi connectivity index (χ3n) is 2.24. The van der Waals surface area contributed by atoms with E-state index in [1.165, 1.54) is 0 Å². The van der Waals surface area contributed by atoms with Crippen LogP contribution in [0.1, 0.15) is 6.42 Å². The number of carboxylic acid groups (broad SMARTS) is 1. The molecule has 0 aromatic rings. The van der Waals surface area contributed by atoms with Gasteiger partial charge in [-0.2, -0.15) is 17.5 Å². The number of sulfonamides is 1. The Kier molecular flexibility index (Phi) is 3.82. The Hall–Kier alpha value is -1.09. The van der Waals surface area contributed by atoms with Crippen molar-refractivity contribution in [1.29, 1.82) is 0 Å². The molecule has 1 aliphatic rings. The number of hydrogen-bond donors (Lipinski definition) is 1. The number of alkyl halides is 3. The first-order valence-electron chi connectivity index (χ1n) is 4.59. The lowest BCUT2D eigenvalue weighted by Gasteiger charge is -2.25. The first-order valence-corrected chi connectivity index (χ1v) is 6.19. The van der Waals surface area contributed by atoms with Crippen LogP contribution in [0.2, 0.25) is 0 Å². The Balaban J connectivity index is 2.76. The minimum absolute atomic E-state index is 0.346. The summed E-state index contributed by atoms with van der Waals surface area (Å²) in [7, 11) is -4.03. The van der Waals surface area contributed by atoms with Gasteiger partial charge in [-0.05, 0) is 6.42 Å². The molecule has 0 saturated carbocycles. The van der Waals surface area contributed by atoms with Crippen LogP contribution in [-0.4, -0.2) is 48.8 Å². The maximum Gasteiger partial charge on any atom is 0.412 e. The smallest absolute Gasteiger partial charge is 0.412 e. The summed E-state index contributed by atoms with van der Waals surface area (Å²) in [6.07, 6.45) is -4.14. The van der Waals surface area contributed by atoms with Gasteiger partial charge < -0.3 is 5.11 Å². The molecular weight excluding hydrogens is 263 g/mol. The van der Waals surface area contributed by atoms with Crippen molar-refractivity contribution in [2.24, 2.45) is 0 Å². The third kappa shape index (κ3) is 3.70. The SMILES string of the molecule is O=C(O)CS(=O)(=O)N1CC=C(C(F)(F)F)CC1. The molecule has 1 rings (SSSR count). The molecule has 0 saturated heterocycles. The Morgan fingerprint density at radius 2 is 2.06 bits per heavy atom. The second-order valence-electron chi connectivity index (χ2n) is 3.49. The van der Waals surface area contributed by atoms with E-state index in [0.29, 0.717) is 0 Å². The number of nitrogens with zero attached hydrogens (tertiary/aromatic N) is 1. The summed E-state index contributed by atoms with van der Waals surface area (Å²) >= 11 is 0. The average molecular weight is 273 g/mol. The Bertz CT molecular complexity index is 440. The zero-order valence-electron chi connectivity index (χ0n) is 8.57. The lowest BCUT2D eigenvalue weighted by Crippen LogP contribution is -2.39. The summed E-state index contributed by atoms with van der Waals surface area (Å²) in [5.74, 6) is -2.64. The topological polar surface area (TPSA) is 74.7 Å². The van der Waals surface area contributed by atoms with Gasteiger partial charge in [0, 0.05) is 18.7 Å². The van der Waals surface area contributed by atoms with E-state index in [1.54, 1.807) is 0 Å². The highest BCUT2D eigenvalue weighted by Gasteiger charge is 2.37. The van der Waals surface area contributed by atoms with E-state index >= 15 is 0 Å². The van der Waals surface area contributed by atoms with Crippen molar-refractivity contribution in [3.63, 3.8) is 0 Å². The van der Waals surface area contributed by atoms with Gasteiger partial charge in [0.1, 0.15) is 0 Å². The van der Waals surface area contributed by atoms with Crippen molar-refractivity contribution < 1.29 is 31.5 Å². The van der Waals surface area contributed by atoms with Crippen molar-refractivity contribution >= 4 is 16.0 Å². The molecule has 0 bridgehead atoms. The molecule has 98 valence electrons. The Morgan fingerprint density at radius 3 is 2.41 bits per heavy atom. The molecule has 0 spiro atoms. The Morgan fingerprint density at radius 1 is 1.47 bits per heavy atom. The summed E-state index contributed by atoms with van der Waals surface area (Å²) in [6, 6.07) is 0. The molecule has 5 nitrogen and oxygen atoms in total. The summed E-state index contributed by atoms with van der Waals surface area (Å²) < 4.78 is 60.2. The minimum atomic E-state index is -4.46. The molecular formula is C8H10F3NO4S. The van der Waals surface area contributed by atoms with Gasteiger partial charge in [0.15, 0.2) is 5.75 Å². The molecule has 1 N–H and O–H groups in total. The predicted molar refractivity (Wildman–Crippen MR) is 51.8 cm³/mol. The largest absolute Gasteiger partial charge is 0.480 e. The molecule has 0 aromatic carbocycles. The van der Waals surface area contributed by atoms with Gasteiger partial charge in [-0.3, -0.25) is 4.79 Å². The molecule has 0 aromatic heterocycles. The third-order valence-corrected chi connectivity index (χ3v) is 3.97. The lowest BCUT2D eigenvalue weighted by atomic mass is 10.1. The molecule has 0 aliphatic carbocycles. The zero-order valence-corrected chi connectivity index (χ0v) is 9.38. The molecule has 1 aliphatic heterocycles. The van der Waals surface area contributed by atoms with Crippen molar-refractivity contribution in [3.05, 3.63) is 11.6 Å². The first kappa shape index (κ1) is 14.0. The van der Waals surface area contributed by atoms with Crippen molar-refractivity contribution in [3.8, 4) is 0 Å². The number of halogens is 3. The zero-order chi connectivity index (χ0) is 13.3.